The molecule has 6 heteroatoms. The molecule has 3 N–H and O–H groups in total. The van der Waals surface area contributed by atoms with E-state index in [9.17, 15) is 19.8 Å². The molecule has 6 nitrogen and oxygen atoms in total. The predicted octanol–water partition coefficient (Wildman–Crippen LogP) is 22.3. The number of rotatable bonds is 65. The van der Waals surface area contributed by atoms with E-state index < -0.39 is 12.1 Å². The molecule has 1 amide bonds. The van der Waals surface area contributed by atoms with Crippen molar-refractivity contribution in [2.75, 3.05) is 13.2 Å². The summed E-state index contributed by atoms with van der Waals surface area (Å²) in [6.07, 6.45) is 85.2. The molecule has 0 radical (unpaired) electrons. The zero-order valence-corrected chi connectivity index (χ0v) is 52.0. The second kappa shape index (κ2) is 66.6. The average molecular weight is 1080 g/mol. The predicted molar refractivity (Wildman–Crippen MR) is 338 cm³/mol. The monoisotopic (exact) mass is 1080 g/mol. The largest absolute Gasteiger partial charge is 0.466 e. The Morgan fingerprint density at radius 3 is 1.01 bits per heavy atom. The van der Waals surface area contributed by atoms with Gasteiger partial charge >= 0.3 is 5.97 Å². The van der Waals surface area contributed by atoms with Gasteiger partial charge in [0.25, 0.3) is 0 Å². The molecule has 0 fully saturated rings. The van der Waals surface area contributed by atoms with Gasteiger partial charge in [-0.3, -0.25) is 9.59 Å². The van der Waals surface area contributed by atoms with Gasteiger partial charge in [0, 0.05) is 12.8 Å². The first-order valence-electron chi connectivity index (χ1n) is 34.8. The molecule has 0 heterocycles. The van der Waals surface area contributed by atoms with Crippen molar-refractivity contribution in [1.29, 1.82) is 0 Å². The zero-order valence-electron chi connectivity index (χ0n) is 52.0. The lowest BCUT2D eigenvalue weighted by Gasteiger charge is -2.20. The fourth-order valence-electron chi connectivity index (χ4n) is 10.8. The third-order valence-electron chi connectivity index (χ3n) is 16.2. The molecule has 0 aliphatic heterocycles. The van der Waals surface area contributed by atoms with Crippen LogP contribution in [0, 0.1) is 0 Å². The maximum absolute atomic E-state index is 12.4. The van der Waals surface area contributed by atoms with Gasteiger partial charge in [0.1, 0.15) is 0 Å². The Balaban J connectivity index is 3.31. The van der Waals surface area contributed by atoms with Crippen molar-refractivity contribution in [2.24, 2.45) is 0 Å². The van der Waals surface area contributed by atoms with Gasteiger partial charge in [0.2, 0.25) is 5.91 Å². The van der Waals surface area contributed by atoms with E-state index in [0.29, 0.717) is 19.4 Å². The molecule has 0 bridgehead atoms. The first-order chi connectivity index (χ1) is 38.0. The highest BCUT2D eigenvalue weighted by Gasteiger charge is 2.18. The number of hydrogen-bond donors (Lipinski definition) is 3. The fourth-order valence-corrected chi connectivity index (χ4v) is 10.8. The van der Waals surface area contributed by atoms with Crippen LogP contribution in [0.1, 0.15) is 380 Å². The number of amides is 1. The van der Waals surface area contributed by atoms with Gasteiger partial charge in [-0.25, -0.2) is 0 Å². The molecule has 0 aromatic rings. The molecular formula is C71H135NO5. The Bertz CT molecular complexity index is 1250. The number of nitrogens with one attached hydrogen (secondary N) is 1. The third-order valence-corrected chi connectivity index (χ3v) is 16.2. The minimum Gasteiger partial charge on any atom is -0.466 e. The number of ether oxygens (including phenoxy) is 1. The number of aliphatic hydroxyl groups excluding tert-OH is 2. The van der Waals surface area contributed by atoms with E-state index in [1.165, 1.54) is 302 Å². The number of allylic oxidation sites excluding steroid dienone is 5. The van der Waals surface area contributed by atoms with Crippen molar-refractivity contribution in [3.63, 3.8) is 0 Å². The smallest absolute Gasteiger partial charge is 0.305 e. The molecule has 2 unspecified atom stereocenters. The van der Waals surface area contributed by atoms with Gasteiger partial charge in [0.15, 0.2) is 0 Å². The van der Waals surface area contributed by atoms with Crippen LogP contribution in [0.15, 0.2) is 36.5 Å². The van der Waals surface area contributed by atoms with Crippen molar-refractivity contribution in [2.45, 2.75) is 392 Å². The van der Waals surface area contributed by atoms with Crippen LogP contribution in [0.25, 0.3) is 0 Å². The standard InChI is InChI=1S/C71H135NO5/c1-3-5-7-9-11-13-15-16-17-34-38-41-45-49-53-57-61-65-71(76)77-66-62-58-54-50-46-42-39-36-33-31-29-27-25-23-21-19-18-20-22-24-26-28-30-32-35-37-40-44-48-52-56-60-64-70(75)72-68(67-73)69(74)63-59-55-51-47-43-14-12-10-8-6-4-2/h11,13,16-17,59,63,68-69,73-74H,3-10,12,14-15,18-58,60-62,64-67H2,1-2H3,(H,72,75)/b13-11-,17-16-,63-59+. The van der Waals surface area contributed by atoms with Crippen LogP contribution in [0.5, 0.6) is 0 Å². The fraction of sp³-hybridized carbons (Fsp3) is 0.887. The Morgan fingerprint density at radius 1 is 0.364 bits per heavy atom. The average Bonchev–Trinajstić information content (AvgIpc) is 3.43. The van der Waals surface area contributed by atoms with Crippen LogP contribution >= 0.6 is 0 Å². The summed E-state index contributed by atoms with van der Waals surface area (Å²) >= 11 is 0. The molecule has 0 saturated carbocycles. The molecule has 0 aliphatic carbocycles. The lowest BCUT2D eigenvalue weighted by Crippen LogP contribution is -2.45. The van der Waals surface area contributed by atoms with Crippen molar-refractivity contribution < 1.29 is 24.5 Å². The molecule has 0 aliphatic rings. The molecule has 0 aromatic carbocycles. The van der Waals surface area contributed by atoms with Crippen LogP contribution < -0.4 is 5.32 Å². The second-order valence-corrected chi connectivity index (χ2v) is 23.9. The summed E-state index contributed by atoms with van der Waals surface area (Å²) in [5.74, 6) is -0.0501. The van der Waals surface area contributed by atoms with Crippen molar-refractivity contribution in [3.8, 4) is 0 Å². The number of hydrogen-bond acceptors (Lipinski definition) is 5. The summed E-state index contributed by atoms with van der Waals surface area (Å²) in [7, 11) is 0. The minimum absolute atomic E-state index is 0.0133. The van der Waals surface area contributed by atoms with Gasteiger partial charge in [0.05, 0.1) is 25.4 Å². The van der Waals surface area contributed by atoms with Gasteiger partial charge in [-0.15, -0.1) is 0 Å². The quantitative estimate of drug-likeness (QED) is 0.0320. The highest BCUT2D eigenvalue weighted by Crippen LogP contribution is 2.19. The van der Waals surface area contributed by atoms with Crippen molar-refractivity contribution >= 4 is 11.9 Å². The van der Waals surface area contributed by atoms with E-state index >= 15 is 0 Å². The molecule has 77 heavy (non-hydrogen) atoms. The number of aliphatic hydroxyl groups is 2. The second-order valence-electron chi connectivity index (χ2n) is 23.9. The summed E-state index contributed by atoms with van der Waals surface area (Å²) in [6, 6.07) is -0.623. The number of unbranched alkanes of at least 4 members (excludes halogenated alkanes) is 50. The van der Waals surface area contributed by atoms with Gasteiger partial charge in [-0.1, -0.05) is 339 Å². The van der Waals surface area contributed by atoms with Crippen LogP contribution in [-0.2, 0) is 14.3 Å². The molecule has 454 valence electrons. The van der Waals surface area contributed by atoms with E-state index in [2.05, 4.69) is 43.5 Å². The van der Waals surface area contributed by atoms with E-state index in [0.717, 1.165) is 51.4 Å². The Labute approximate surface area is 481 Å². The van der Waals surface area contributed by atoms with Crippen LogP contribution in [0.3, 0.4) is 0 Å². The van der Waals surface area contributed by atoms with Crippen molar-refractivity contribution in [1.82, 2.24) is 5.32 Å². The lowest BCUT2D eigenvalue weighted by atomic mass is 10.0. The highest BCUT2D eigenvalue weighted by molar-refractivity contribution is 5.76. The molecule has 2 atom stereocenters. The first kappa shape index (κ1) is 75.1. The van der Waals surface area contributed by atoms with Gasteiger partial charge < -0.3 is 20.3 Å². The zero-order chi connectivity index (χ0) is 55.7. The van der Waals surface area contributed by atoms with E-state index in [1.54, 1.807) is 6.08 Å². The summed E-state index contributed by atoms with van der Waals surface area (Å²) < 4.78 is 5.50. The Morgan fingerprint density at radius 2 is 0.649 bits per heavy atom. The normalized spacial score (nSPS) is 12.7. The summed E-state index contributed by atoms with van der Waals surface area (Å²) in [4.78, 5) is 24.5. The van der Waals surface area contributed by atoms with Crippen LogP contribution in [0.2, 0.25) is 0 Å². The summed E-state index contributed by atoms with van der Waals surface area (Å²) in [6.45, 7) is 4.89. The summed E-state index contributed by atoms with van der Waals surface area (Å²) in [5.41, 5.74) is 0. The summed E-state index contributed by atoms with van der Waals surface area (Å²) in [5, 5.41) is 23.1. The number of esters is 1. The van der Waals surface area contributed by atoms with Crippen molar-refractivity contribution in [3.05, 3.63) is 36.5 Å². The topological polar surface area (TPSA) is 95.9 Å². The highest BCUT2D eigenvalue weighted by atomic mass is 16.5. The van der Waals surface area contributed by atoms with Crippen LogP contribution in [-0.4, -0.2) is 47.4 Å². The molecule has 0 aromatic heterocycles. The van der Waals surface area contributed by atoms with E-state index in [1.807, 2.05) is 6.08 Å². The number of carbonyl (C=O) groups is 2. The third kappa shape index (κ3) is 63.1. The molecule has 0 rings (SSSR count). The number of carbonyl (C=O) groups excluding carboxylic acids is 2. The van der Waals surface area contributed by atoms with E-state index in [-0.39, 0.29) is 18.5 Å². The Hall–Kier alpha value is -1.92. The molecule has 0 spiro atoms. The first-order valence-corrected chi connectivity index (χ1v) is 34.8. The molecular weight excluding hydrogens is 947 g/mol. The SMILES string of the molecule is CCCCC/C=C\C/C=C\CCCCCCCCCC(=O)OCCCCCCCCCCCCCCCCCCCCCCCCCCCCCCCCCCC(=O)NC(CO)C(O)/C=C/CCCCCCCCCCC. The molecule has 0 saturated heterocycles. The minimum atomic E-state index is -0.840. The Kier molecular flexibility index (Phi) is 64.9. The lowest BCUT2D eigenvalue weighted by molar-refractivity contribution is -0.143. The van der Waals surface area contributed by atoms with Gasteiger partial charge in [-0.2, -0.15) is 0 Å². The van der Waals surface area contributed by atoms with Gasteiger partial charge in [-0.05, 0) is 64.2 Å². The van der Waals surface area contributed by atoms with E-state index in [4.69, 9.17) is 4.74 Å². The van der Waals surface area contributed by atoms with Crippen LogP contribution in [0.4, 0.5) is 0 Å². The maximum atomic E-state index is 12.4. The maximum Gasteiger partial charge on any atom is 0.305 e.